The molecule has 3 rings (SSSR count). The second-order valence-corrected chi connectivity index (χ2v) is 7.16. The summed E-state index contributed by atoms with van der Waals surface area (Å²) in [5.41, 5.74) is 0.171. The number of piperazine rings is 1. The molecule has 162 valence electrons. The first-order valence-corrected chi connectivity index (χ1v) is 9.84. The highest BCUT2D eigenvalue weighted by Gasteiger charge is 2.31. The minimum absolute atomic E-state index is 0.220. The average molecular weight is 443 g/mol. The van der Waals surface area contributed by atoms with Crippen molar-refractivity contribution in [3.63, 3.8) is 0 Å². The van der Waals surface area contributed by atoms with Crippen LogP contribution in [0.2, 0.25) is 5.02 Å². The van der Waals surface area contributed by atoms with E-state index in [1.165, 1.54) is 19.2 Å². The van der Waals surface area contributed by atoms with Crippen LogP contribution in [-0.2, 0) is 6.18 Å². The minimum Gasteiger partial charge on any atom is -0.493 e. The third-order valence-electron chi connectivity index (χ3n) is 4.87. The highest BCUT2D eigenvalue weighted by atomic mass is 35.5. The number of benzene rings is 2. The van der Waals surface area contributed by atoms with E-state index in [0.29, 0.717) is 55.5 Å². The van der Waals surface area contributed by atoms with Gasteiger partial charge in [0.2, 0.25) is 0 Å². The molecule has 1 heterocycles. The number of alkyl halides is 3. The van der Waals surface area contributed by atoms with Crippen LogP contribution in [0.5, 0.6) is 11.5 Å². The van der Waals surface area contributed by atoms with Gasteiger partial charge in [-0.2, -0.15) is 13.2 Å². The van der Waals surface area contributed by atoms with Gasteiger partial charge >= 0.3 is 6.18 Å². The zero-order valence-electron chi connectivity index (χ0n) is 16.6. The molecule has 0 N–H and O–H groups in total. The van der Waals surface area contributed by atoms with E-state index in [-0.39, 0.29) is 10.9 Å². The first-order chi connectivity index (χ1) is 14.2. The summed E-state index contributed by atoms with van der Waals surface area (Å²) < 4.78 is 49.6. The molecule has 0 bridgehead atoms. The van der Waals surface area contributed by atoms with E-state index >= 15 is 0 Å². The summed E-state index contributed by atoms with van der Waals surface area (Å²) >= 11 is 6.25. The van der Waals surface area contributed by atoms with Crippen molar-refractivity contribution in [1.29, 1.82) is 0 Å². The molecule has 2 aromatic carbocycles. The summed E-state index contributed by atoms with van der Waals surface area (Å²) in [4.78, 5) is 16.4. The van der Waals surface area contributed by atoms with Crippen molar-refractivity contribution in [2.75, 3.05) is 44.8 Å². The van der Waals surface area contributed by atoms with Gasteiger partial charge < -0.3 is 19.3 Å². The molecule has 1 saturated heterocycles. The lowest BCUT2D eigenvalue weighted by Gasteiger charge is -2.36. The van der Waals surface area contributed by atoms with Gasteiger partial charge in [-0.3, -0.25) is 4.79 Å². The zero-order valence-corrected chi connectivity index (χ0v) is 17.4. The molecule has 1 aliphatic rings. The van der Waals surface area contributed by atoms with Crippen molar-refractivity contribution < 1.29 is 27.4 Å². The van der Waals surface area contributed by atoms with Crippen LogP contribution in [0.25, 0.3) is 0 Å². The Morgan fingerprint density at radius 2 is 1.83 bits per heavy atom. The quantitative estimate of drug-likeness (QED) is 0.671. The van der Waals surface area contributed by atoms with Gasteiger partial charge in [-0.15, -0.1) is 0 Å². The lowest BCUT2D eigenvalue weighted by molar-refractivity contribution is -0.137. The van der Waals surface area contributed by atoms with Gasteiger partial charge in [0, 0.05) is 37.4 Å². The molecule has 5 nitrogen and oxygen atoms in total. The van der Waals surface area contributed by atoms with Gasteiger partial charge in [0.1, 0.15) is 0 Å². The summed E-state index contributed by atoms with van der Waals surface area (Å²) in [5.74, 6) is 0.532. The van der Waals surface area contributed by atoms with Gasteiger partial charge in [-0.1, -0.05) is 17.7 Å². The second-order valence-electron chi connectivity index (χ2n) is 6.75. The lowest BCUT2D eigenvalue weighted by Crippen LogP contribution is -2.48. The molecule has 0 aliphatic carbocycles. The summed E-state index contributed by atoms with van der Waals surface area (Å²) in [6, 6.07) is 8.34. The van der Waals surface area contributed by atoms with E-state index in [1.54, 1.807) is 17.0 Å². The largest absolute Gasteiger partial charge is 0.493 e. The molecular formula is C21H22ClF3N2O3. The molecule has 0 radical (unpaired) electrons. The Kier molecular flexibility index (Phi) is 6.65. The number of halogens is 4. The Bertz CT molecular complexity index is 913. The van der Waals surface area contributed by atoms with E-state index < -0.39 is 11.7 Å². The fraction of sp³-hybridized carbons (Fsp3) is 0.381. The molecule has 2 aromatic rings. The number of hydrogen-bond acceptors (Lipinski definition) is 4. The van der Waals surface area contributed by atoms with E-state index in [9.17, 15) is 18.0 Å². The van der Waals surface area contributed by atoms with Crippen LogP contribution in [0.4, 0.5) is 18.9 Å². The van der Waals surface area contributed by atoms with Crippen molar-refractivity contribution in [1.82, 2.24) is 4.90 Å². The van der Waals surface area contributed by atoms with E-state index in [2.05, 4.69) is 0 Å². The number of nitrogens with zero attached hydrogens (tertiary/aromatic N) is 2. The van der Waals surface area contributed by atoms with Gasteiger partial charge in [-0.05, 0) is 37.3 Å². The van der Waals surface area contributed by atoms with E-state index in [0.717, 1.165) is 12.1 Å². The van der Waals surface area contributed by atoms with Crippen LogP contribution in [0, 0.1) is 0 Å². The third-order valence-corrected chi connectivity index (χ3v) is 5.15. The standard InChI is InChI=1S/C21H22ClF3N2O3/c1-3-30-19-17(22)11-14(12-18(19)29-2)20(28)27-9-7-26(8-10-27)16-6-4-5-15(13-16)21(23,24)25/h4-6,11-13H,3,7-10H2,1-2H3. The molecule has 9 heteroatoms. The van der Waals surface area contributed by atoms with Gasteiger partial charge in [0.05, 0.1) is 24.3 Å². The monoisotopic (exact) mass is 442 g/mol. The molecule has 0 atom stereocenters. The summed E-state index contributed by atoms with van der Waals surface area (Å²) in [5, 5.41) is 0.280. The Hall–Kier alpha value is -2.61. The van der Waals surface area contributed by atoms with Crippen molar-refractivity contribution in [2.24, 2.45) is 0 Å². The van der Waals surface area contributed by atoms with Crippen LogP contribution in [0.1, 0.15) is 22.8 Å². The SMILES string of the molecule is CCOc1c(Cl)cc(C(=O)N2CCN(c3cccc(C(F)(F)F)c3)CC2)cc1OC. The van der Waals surface area contributed by atoms with Crippen LogP contribution >= 0.6 is 11.6 Å². The predicted molar refractivity (Wildman–Crippen MR) is 109 cm³/mol. The summed E-state index contributed by atoms with van der Waals surface area (Å²) in [7, 11) is 1.47. The van der Waals surface area contributed by atoms with Gasteiger partial charge in [0.25, 0.3) is 5.91 Å². The Morgan fingerprint density at radius 1 is 1.13 bits per heavy atom. The maximum atomic E-state index is 13.0. The van der Waals surface area contributed by atoms with Crippen LogP contribution in [-0.4, -0.2) is 50.7 Å². The van der Waals surface area contributed by atoms with Crippen molar-refractivity contribution in [3.05, 3.63) is 52.5 Å². The van der Waals surface area contributed by atoms with Crippen LogP contribution in [0.3, 0.4) is 0 Å². The molecule has 0 spiro atoms. The number of carbonyl (C=O) groups excluding carboxylic acids is 1. The molecule has 1 amide bonds. The average Bonchev–Trinajstić information content (AvgIpc) is 2.74. The summed E-state index contributed by atoms with van der Waals surface area (Å²) in [6.07, 6.45) is -4.39. The fourth-order valence-electron chi connectivity index (χ4n) is 3.36. The third kappa shape index (κ3) is 4.75. The Balaban J connectivity index is 1.71. The number of methoxy groups -OCH3 is 1. The number of ether oxygens (including phenoxy) is 2. The normalized spacial score (nSPS) is 14.6. The van der Waals surface area contributed by atoms with Crippen molar-refractivity contribution in [2.45, 2.75) is 13.1 Å². The molecule has 0 saturated carbocycles. The van der Waals surface area contributed by atoms with Gasteiger partial charge in [0.15, 0.2) is 11.5 Å². The van der Waals surface area contributed by atoms with Crippen LogP contribution < -0.4 is 14.4 Å². The molecule has 30 heavy (non-hydrogen) atoms. The molecule has 1 fully saturated rings. The first kappa shape index (κ1) is 22.1. The number of rotatable bonds is 5. The Labute approximate surface area is 177 Å². The topological polar surface area (TPSA) is 42.0 Å². The predicted octanol–water partition coefficient (Wildman–Crippen LogP) is 4.73. The van der Waals surface area contributed by atoms with E-state index in [4.69, 9.17) is 21.1 Å². The smallest absolute Gasteiger partial charge is 0.416 e. The number of anilines is 1. The molecular weight excluding hydrogens is 421 g/mol. The zero-order chi connectivity index (χ0) is 21.9. The maximum absolute atomic E-state index is 13.0. The van der Waals surface area contributed by atoms with Crippen LogP contribution in [0.15, 0.2) is 36.4 Å². The van der Waals surface area contributed by atoms with Crippen molar-refractivity contribution >= 4 is 23.2 Å². The fourth-order valence-corrected chi connectivity index (χ4v) is 3.62. The number of carbonyl (C=O) groups is 1. The highest BCUT2D eigenvalue weighted by Crippen LogP contribution is 2.37. The molecule has 0 unspecified atom stereocenters. The van der Waals surface area contributed by atoms with Gasteiger partial charge in [-0.25, -0.2) is 0 Å². The summed E-state index contributed by atoms with van der Waals surface area (Å²) in [6.45, 7) is 3.83. The highest BCUT2D eigenvalue weighted by molar-refractivity contribution is 6.32. The van der Waals surface area contributed by atoms with Crippen molar-refractivity contribution in [3.8, 4) is 11.5 Å². The second kappa shape index (κ2) is 9.04. The van der Waals surface area contributed by atoms with E-state index in [1.807, 2.05) is 11.8 Å². The number of amides is 1. The first-order valence-electron chi connectivity index (χ1n) is 9.46. The lowest BCUT2D eigenvalue weighted by atomic mass is 10.1. The molecule has 1 aliphatic heterocycles. The number of hydrogen-bond donors (Lipinski definition) is 0. The maximum Gasteiger partial charge on any atom is 0.416 e. The Morgan fingerprint density at radius 3 is 2.43 bits per heavy atom. The molecule has 0 aromatic heterocycles. The minimum atomic E-state index is -4.39.